The predicted octanol–water partition coefficient (Wildman–Crippen LogP) is 1.59. The molecule has 0 radical (unpaired) electrons. The van der Waals surface area contributed by atoms with Crippen molar-refractivity contribution in [2.24, 2.45) is 11.3 Å². The Kier molecular flexibility index (Phi) is 3.97. The van der Waals surface area contributed by atoms with E-state index in [1.165, 1.54) is 14.2 Å². The van der Waals surface area contributed by atoms with E-state index in [1.807, 2.05) is 24.3 Å². The zero-order valence-electron chi connectivity index (χ0n) is 11.8. The van der Waals surface area contributed by atoms with Gasteiger partial charge >= 0.3 is 11.9 Å². The van der Waals surface area contributed by atoms with Crippen LogP contribution in [0.3, 0.4) is 0 Å². The third-order valence-electron chi connectivity index (χ3n) is 3.85. The molecule has 1 fully saturated rings. The van der Waals surface area contributed by atoms with Crippen LogP contribution < -0.4 is 4.74 Å². The molecule has 1 saturated carbocycles. The van der Waals surface area contributed by atoms with E-state index in [9.17, 15) is 9.59 Å². The Hall–Kier alpha value is -2.04. The Morgan fingerprint density at radius 2 is 1.65 bits per heavy atom. The van der Waals surface area contributed by atoms with E-state index in [-0.39, 0.29) is 5.92 Å². The number of esters is 2. The van der Waals surface area contributed by atoms with Gasteiger partial charge in [0.05, 0.1) is 21.3 Å². The monoisotopic (exact) mass is 278 g/mol. The van der Waals surface area contributed by atoms with Crippen LogP contribution >= 0.6 is 0 Å². The van der Waals surface area contributed by atoms with Gasteiger partial charge in [-0.25, -0.2) is 0 Å². The summed E-state index contributed by atoms with van der Waals surface area (Å²) >= 11 is 0. The van der Waals surface area contributed by atoms with Gasteiger partial charge < -0.3 is 14.2 Å². The van der Waals surface area contributed by atoms with Crippen molar-refractivity contribution in [1.29, 1.82) is 0 Å². The predicted molar refractivity (Wildman–Crippen MR) is 71.3 cm³/mol. The van der Waals surface area contributed by atoms with Crippen LogP contribution in [0.5, 0.6) is 5.75 Å². The van der Waals surface area contributed by atoms with Gasteiger partial charge in [-0.05, 0) is 36.5 Å². The molecule has 0 aliphatic heterocycles. The SMILES string of the molecule is COC(=O)C1(C(=O)OC)CC1Cc1ccc(OC)cc1. The molecule has 1 aliphatic carbocycles. The Bertz CT molecular complexity index is 490. The summed E-state index contributed by atoms with van der Waals surface area (Å²) in [7, 11) is 4.18. The van der Waals surface area contributed by atoms with E-state index in [0.29, 0.717) is 12.8 Å². The van der Waals surface area contributed by atoms with Crippen molar-refractivity contribution in [3.05, 3.63) is 29.8 Å². The first kappa shape index (κ1) is 14.4. The average molecular weight is 278 g/mol. The minimum Gasteiger partial charge on any atom is -0.497 e. The number of rotatable bonds is 5. The van der Waals surface area contributed by atoms with Crippen LogP contribution in [0.1, 0.15) is 12.0 Å². The van der Waals surface area contributed by atoms with E-state index >= 15 is 0 Å². The fourth-order valence-electron chi connectivity index (χ4n) is 2.57. The molecular formula is C15H18O5. The number of carbonyl (C=O) groups is 2. The van der Waals surface area contributed by atoms with Gasteiger partial charge in [-0.1, -0.05) is 12.1 Å². The van der Waals surface area contributed by atoms with Crippen molar-refractivity contribution in [1.82, 2.24) is 0 Å². The number of ether oxygens (including phenoxy) is 3. The number of benzene rings is 1. The summed E-state index contributed by atoms with van der Waals surface area (Å²) in [5, 5.41) is 0. The molecule has 1 unspecified atom stereocenters. The Balaban J connectivity index is 2.10. The van der Waals surface area contributed by atoms with Gasteiger partial charge in [0.1, 0.15) is 5.75 Å². The van der Waals surface area contributed by atoms with Gasteiger partial charge in [-0.3, -0.25) is 9.59 Å². The lowest BCUT2D eigenvalue weighted by atomic mass is 9.99. The first-order chi connectivity index (χ1) is 9.58. The second-order valence-corrected chi connectivity index (χ2v) is 4.91. The lowest BCUT2D eigenvalue weighted by molar-refractivity contribution is -0.162. The number of hydrogen-bond acceptors (Lipinski definition) is 5. The topological polar surface area (TPSA) is 61.8 Å². The number of methoxy groups -OCH3 is 3. The molecule has 5 heteroatoms. The molecule has 5 nitrogen and oxygen atoms in total. The Morgan fingerprint density at radius 1 is 1.10 bits per heavy atom. The zero-order chi connectivity index (χ0) is 14.8. The molecule has 108 valence electrons. The van der Waals surface area contributed by atoms with Gasteiger partial charge in [-0.15, -0.1) is 0 Å². The Labute approximate surface area is 117 Å². The molecule has 20 heavy (non-hydrogen) atoms. The van der Waals surface area contributed by atoms with E-state index in [1.54, 1.807) is 7.11 Å². The standard InChI is InChI=1S/C15H18O5/c1-18-12-6-4-10(5-7-12)8-11-9-15(11,13(16)19-2)14(17)20-3/h4-7,11H,8-9H2,1-3H3. The zero-order valence-corrected chi connectivity index (χ0v) is 11.8. The summed E-state index contributed by atoms with van der Waals surface area (Å²) in [5.74, 6) is -0.321. The highest BCUT2D eigenvalue weighted by Gasteiger charge is 2.67. The smallest absolute Gasteiger partial charge is 0.323 e. The Morgan fingerprint density at radius 3 is 2.10 bits per heavy atom. The maximum Gasteiger partial charge on any atom is 0.323 e. The summed E-state index contributed by atoms with van der Waals surface area (Å²) in [4.78, 5) is 23.7. The minimum absolute atomic E-state index is 0.0733. The lowest BCUT2D eigenvalue weighted by Crippen LogP contribution is -2.30. The maximum atomic E-state index is 11.9. The highest BCUT2D eigenvalue weighted by molar-refractivity contribution is 6.03. The van der Waals surface area contributed by atoms with Crippen molar-refractivity contribution in [2.45, 2.75) is 12.8 Å². The first-order valence-electron chi connectivity index (χ1n) is 6.38. The summed E-state index contributed by atoms with van der Waals surface area (Å²) in [6, 6.07) is 7.57. The molecule has 1 aliphatic rings. The summed E-state index contributed by atoms with van der Waals surface area (Å²) in [5.41, 5.74) is -0.0749. The average Bonchev–Trinajstić information content (AvgIpc) is 3.21. The summed E-state index contributed by atoms with van der Waals surface area (Å²) in [6.45, 7) is 0. The second kappa shape index (κ2) is 5.53. The third-order valence-corrected chi connectivity index (χ3v) is 3.85. The van der Waals surface area contributed by atoms with Gasteiger partial charge in [-0.2, -0.15) is 0 Å². The minimum atomic E-state index is -1.12. The van der Waals surface area contributed by atoms with Crippen molar-refractivity contribution in [2.75, 3.05) is 21.3 Å². The molecule has 1 atom stereocenters. The highest BCUT2D eigenvalue weighted by Crippen LogP contribution is 2.55. The normalized spacial score (nSPS) is 19.1. The third kappa shape index (κ3) is 2.35. The summed E-state index contributed by atoms with van der Waals surface area (Å²) in [6.07, 6.45) is 1.10. The molecule has 1 aromatic rings. The van der Waals surface area contributed by atoms with Crippen molar-refractivity contribution >= 4 is 11.9 Å². The molecule has 0 bridgehead atoms. The van der Waals surface area contributed by atoms with Crippen LogP contribution in [-0.4, -0.2) is 33.3 Å². The molecule has 0 aromatic heterocycles. The highest BCUT2D eigenvalue weighted by atomic mass is 16.5. The lowest BCUT2D eigenvalue weighted by Gasteiger charge is -2.12. The first-order valence-corrected chi connectivity index (χ1v) is 6.38. The van der Waals surface area contributed by atoms with Crippen LogP contribution in [0.2, 0.25) is 0 Å². The molecular weight excluding hydrogens is 260 g/mol. The van der Waals surface area contributed by atoms with Crippen molar-refractivity contribution in [3.63, 3.8) is 0 Å². The molecule has 0 amide bonds. The van der Waals surface area contributed by atoms with Gasteiger partial charge in [0, 0.05) is 0 Å². The molecule has 0 N–H and O–H groups in total. The van der Waals surface area contributed by atoms with E-state index < -0.39 is 17.4 Å². The van der Waals surface area contributed by atoms with Crippen LogP contribution in [0.25, 0.3) is 0 Å². The molecule has 1 aromatic carbocycles. The van der Waals surface area contributed by atoms with Crippen molar-refractivity contribution in [3.8, 4) is 5.75 Å². The van der Waals surface area contributed by atoms with Gasteiger partial charge in [0.25, 0.3) is 0 Å². The largest absolute Gasteiger partial charge is 0.497 e. The second-order valence-electron chi connectivity index (χ2n) is 4.91. The molecule has 0 heterocycles. The van der Waals surface area contributed by atoms with Crippen molar-refractivity contribution < 1.29 is 23.8 Å². The van der Waals surface area contributed by atoms with Crippen LogP contribution in [0.15, 0.2) is 24.3 Å². The number of carbonyl (C=O) groups excluding carboxylic acids is 2. The quantitative estimate of drug-likeness (QED) is 0.604. The number of hydrogen-bond donors (Lipinski definition) is 0. The van der Waals surface area contributed by atoms with E-state index in [0.717, 1.165) is 11.3 Å². The van der Waals surface area contributed by atoms with E-state index in [2.05, 4.69) is 0 Å². The molecule has 2 rings (SSSR count). The summed E-state index contributed by atoms with van der Waals surface area (Å²) < 4.78 is 14.6. The molecule has 0 spiro atoms. The van der Waals surface area contributed by atoms with E-state index in [4.69, 9.17) is 14.2 Å². The fraction of sp³-hybridized carbons (Fsp3) is 0.467. The van der Waals surface area contributed by atoms with Gasteiger partial charge in [0.2, 0.25) is 0 Å². The van der Waals surface area contributed by atoms with Gasteiger partial charge in [0.15, 0.2) is 5.41 Å². The fourth-order valence-corrected chi connectivity index (χ4v) is 2.57. The van der Waals surface area contributed by atoms with Crippen LogP contribution in [0, 0.1) is 11.3 Å². The molecule has 0 saturated heterocycles. The van der Waals surface area contributed by atoms with Crippen LogP contribution in [-0.2, 0) is 25.5 Å². The maximum absolute atomic E-state index is 11.9. The van der Waals surface area contributed by atoms with Crippen LogP contribution in [0.4, 0.5) is 0 Å².